The number of nitrogens with one attached hydrogen (secondary N) is 1. The zero-order chi connectivity index (χ0) is 26.0. The van der Waals surface area contributed by atoms with Crippen LogP contribution in [0.1, 0.15) is 110 Å². The van der Waals surface area contributed by atoms with E-state index < -0.39 is 30.8 Å². The third-order valence-electron chi connectivity index (χ3n) is 5.88. The normalized spacial score (nSPS) is 15.0. The number of carbonyl (C=O) groups excluding carboxylic acids is 1. The third-order valence-corrected chi connectivity index (χ3v) is 5.88. The first-order valence-electron chi connectivity index (χ1n) is 14.0. The van der Waals surface area contributed by atoms with Crippen LogP contribution in [0, 0.1) is 0 Å². The fourth-order valence-electron chi connectivity index (χ4n) is 3.57. The summed E-state index contributed by atoms with van der Waals surface area (Å²) in [5.74, 6) is -0.560. The van der Waals surface area contributed by atoms with Crippen molar-refractivity contribution < 1.29 is 20.1 Å². The molecule has 0 rings (SSSR count). The Morgan fingerprint density at radius 2 is 1.17 bits per heavy atom. The summed E-state index contributed by atoms with van der Waals surface area (Å²) in [5.41, 5.74) is 0. The van der Waals surface area contributed by atoms with Gasteiger partial charge >= 0.3 is 0 Å². The van der Waals surface area contributed by atoms with Crippen LogP contribution in [0.3, 0.4) is 0 Å². The Labute approximate surface area is 215 Å². The van der Waals surface area contributed by atoms with Crippen molar-refractivity contribution in [3.63, 3.8) is 0 Å². The minimum absolute atomic E-state index is 0.322. The fourth-order valence-corrected chi connectivity index (χ4v) is 3.57. The molecule has 5 heteroatoms. The zero-order valence-corrected chi connectivity index (χ0v) is 22.4. The molecule has 0 aromatic rings. The fraction of sp³-hybridized carbons (Fsp3) is 0.700. The van der Waals surface area contributed by atoms with E-state index in [9.17, 15) is 20.1 Å². The lowest BCUT2D eigenvalue weighted by Gasteiger charge is -2.21. The van der Waals surface area contributed by atoms with Gasteiger partial charge in [0, 0.05) is 0 Å². The average molecular weight is 492 g/mol. The lowest BCUT2D eigenvalue weighted by Crippen LogP contribution is -2.48. The summed E-state index contributed by atoms with van der Waals surface area (Å²) in [6.07, 6.45) is 29.9. The number of rotatable bonds is 23. The number of aliphatic hydroxyl groups is 3. The first-order chi connectivity index (χ1) is 17.1. The molecule has 0 aliphatic rings. The van der Waals surface area contributed by atoms with Gasteiger partial charge < -0.3 is 20.6 Å². The predicted molar refractivity (Wildman–Crippen MR) is 148 cm³/mol. The molecule has 5 nitrogen and oxygen atoms in total. The molecule has 35 heavy (non-hydrogen) atoms. The van der Waals surface area contributed by atoms with Gasteiger partial charge in [-0.05, 0) is 64.2 Å². The van der Waals surface area contributed by atoms with E-state index in [1.54, 1.807) is 6.08 Å². The maximum atomic E-state index is 12.2. The van der Waals surface area contributed by atoms with E-state index in [-0.39, 0.29) is 0 Å². The van der Waals surface area contributed by atoms with Gasteiger partial charge in [-0.1, -0.05) is 94.6 Å². The van der Waals surface area contributed by atoms with Crippen molar-refractivity contribution in [2.45, 2.75) is 128 Å². The summed E-state index contributed by atoms with van der Waals surface area (Å²) in [6.45, 7) is 4.01. The number of carbonyl (C=O) groups is 1. The van der Waals surface area contributed by atoms with E-state index in [4.69, 9.17) is 0 Å². The molecule has 0 fully saturated rings. The highest BCUT2D eigenvalue weighted by atomic mass is 16.3. The monoisotopic (exact) mass is 491 g/mol. The Balaban J connectivity index is 4.04. The van der Waals surface area contributed by atoms with Crippen LogP contribution in [0.15, 0.2) is 48.6 Å². The molecule has 3 unspecified atom stereocenters. The van der Waals surface area contributed by atoms with Crippen molar-refractivity contribution >= 4 is 5.91 Å². The van der Waals surface area contributed by atoms with E-state index in [2.05, 4.69) is 49.5 Å². The van der Waals surface area contributed by atoms with Crippen molar-refractivity contribution in [1.29, 1.82) is 0 Å². The topological polar surface area (TPSA) is 89.8 Å². The molecule has 0 saturated heterocycles. The summed E-state index contributed by atoms with van der Waals surface area (Å²) in [6, 6.07) is -0.831. The maximum Gasteiger partial charge on any atom is 0.249 e. The molecule has 3 atom stereocenters. The smallest absolute Gasteiger partial charge is 0.249 e. The molecule has 0 aliphatic carbocycles. The average Bonchev–Trinajstić information content (AvgIpc) is 2.86. The molecule has 0 spiro atoms. The van der Waals surface area contributed by atoms with Gasteiger partial charge in [-0.3, -0.25) is 4.79 Å². The first kappa shape index (κ1) is 33.3. The number of hydrogen-bond donors (Lipinski definition) is 4. The van der Waals surface area contributed by atoms with Gasteiger partial charge in [-0.15, -0.1) is 0 Å². The Bertz CT molecular complexity index is 597. The summed E-state index contributed by atoms with van der Waals surface area (Å²) < 4.78 is 0. The maximum absolute atomic E-state index is 12.2. The zero-order valence-electron chi connectivity index (χ0n) is 22.4. The Kier molecular flexibility index (Phi) is 24.2. The largest absolute Gasteiger partial charge is 0.394 e. The lowest BCUT2D eigenvalue weighted by molar-refractivity contribution is -0.131. The Hall–Kier alpha value is -1.69. The molecule has 0 radical (unpaired) electrons. The highest BCUT2D eigenvalue weighted by Crippen LogP contribution is 2.06. The molecule has 4 N–H and O–H groups in total. The molecule has 0 aliphatic heterocycles. The number of unbranched alkanes of at least 4 members (excludes halogenated alkanes) is 9. The molecular weight excluding hydrogens is 438 g/mol. The van der Waals surface area contributed by atoms with Crippen LogP contribution in [0.5, 0.6) is 0 Å². The number of amides is 1. The van der Waals surface area contributed by atoms with Gasteiger partial charge in [0.15, 0.2) is 0 Å². The van der Waals surface area contributed by atoms with Crippen molar-refractivity contribution in [3.8, 4) is 0 Å². The van der Waals surface area contributed by atoms with E-state index in [1.807, 2.05) is 12.2 Å². The summed E-state index contributed by atoms with van der Waals surface area (Å²) >= 11 is 0. The lowest BCUT2D eigenvalue weighted by atomic mass is 10.1. The van der Waals surface area contributed by atoms with Crippen LogP contribution in [0.4, 0.5) is 0 Å². The molecule has 0 bridgehead atoms. The highest BCUT2D eigenvalue weighted by molar-refractivity contribution is 5.80. The molecule has 0 saturated carbocycles. The van der Waals surface area contributed by atoms with Gasteiger partial charge in [-0.2, -0.15) is 0 Å². The summed E-state index contributed by atoms with van der Waals surface area (Å²) in [4.78, 5) is 12.2. The quantitative estimate of drug-likeness (QED) is 0.0997. The second kappa shape index (κ2) is 25.4. The van der Waals surface area contributed by atoms with Crippen LogP contribution < -0.4 is 5.32 Å². The van der Waals surface area contributed by atoms with Crippen LogP contribution >= 0.6 is 0 Å². The Morgan fingerprint density at radius 3 is 1.74 bits per heavy atom. The molecule has 1 amide bonds. The van der Waals surface area contributed by atoms with Crippen molar-refractivity contribution in [2.75, 3.05) is 6.61 Å². The van der Waals surface area contributed by atoms with Crippen LogP contribution in [-0.2, 0) is 4.79 Å². The second-order valence-electron chi connectivity index (χ2n) is 9.22. The van der Waals surface area contributed by atoms with E-state index in [1.165, 1.54) is 51.4 Å². The van der Waals surface area contributed by atoms with Crippen LogP contribution in [0.25, 0.3) is 0 Å². The van der Waals surface area contributed by atoms with Gasteiger partial charge in [0.25, 0.3) is 0 Å². The second-order valence-corrected chi connectivity index (χ2v) is 9.22. The van der Waals surface area contributed by atoms with Crippen molar-refractivity contribution in [3.05, 3.63) is 48.6 Å². The summed E-state index contributed by atoms with van der Waals surface area (Å²) in [5, 5.41) is 32.4. The number of aliphatic hydroxyl groups excluding tert-OH is 3. The molecular formula is C30H53NO4. The van der Waals surface area contributed by atoms with Crippen molar-refractivity contribution in [1.82, 2.24) is 5.32 Å². The van der Waals surface area contributed by atoms with Crippen molar-refractivity contribution in [2.24, 2.45) is 0 Å². The third kappa shape index (κ3) is 21.3. The first-order valence-corrected chi connectivity index (χ1v) is 14.0. The van der Waals surface area contributed by atoms with E-state index in [0.717, 1.165) is 32.1 Å². The predicted octanol–water partition coefficient (Wildman–Crippen LogP) is 6.30. The standard InChI is InChI=1S/C30H53NO4/c1-3-5-7-9-11-13-14-15-16-17-19-20-22-24-28(33)27(26-32)31-30(35)29(34)25-23-21-18-12-10-8-6-4-2/h11,13,16-18,21-22,24,27-29,32-34H,3-10,12,14-15,19-20,23,25-26H2,1-2H3,(H,31,35)/b13-11+,17-16+,21-18-,24-22+. The van der Waals surface area contributed by atoms with Gasteiger partial charge in [0.2, 0.25) is 5.91 Å². The van der Waals surface area contributed by atoms with Gasteiger partial charge in [-0.25, -0.2) is 0 Å². The van der Waals surface area contributed by atoms with E-state index >= 15 is 0 Å². The minimum Gasteiger partial charge on any atom is -0.394 e. The number of allylic oxidation sites excluding steroid dienone is 7. The Morgan fingerprint density at radius 1 is 0.686 bits per heavy atom. The highest BCUT2D eigenvalue weighted by Gasteiger charge is 2.22. The molecule has 0 aromatic heterocycles. The summed E-state index contributed by atoms with van der Waals surface area (Å²) in [7, 11) is 0. The van der Waals surface area contributed by atoms with Crippen LogP contribution in [-0.4, -0.2) is 46.1 Å². The van der Waals surface area contributed by atoms with Gasteiger partial charge in [0.05, 0.1) is 18.8 Å². The number of hydrogen-bond acceptors (Lipinski definition) is 4. The molecule has 0 aromatic carbocycles. The SMILES string of the molecule is CCCCC/C=C/CC/C=C/CC/C=C/C(O)C(CO)NC(=O)C(O)CC/C=C\CCCCCC. The van der Waals surface area contributed by atoms with E-state index in [0.29, 0.717) is 12.8 Å². The molecule has 0 heterocycles. The minimum atomic E-state index is -1.15. The van der Waals surface area contributed by atoms with Gasteiger partial charge in [0.1, 0.15) is 6.10 Å². The molecule has 202 valence electrons. The van der Waals surface area contributed by atoms with Crippen LogP contribution in [0.2, 0.25) is 0 Å².